The van der Waals surface area contributed by atoms with Crippen LogP contribution in [0.5, 0.6) is 0 Å². The molecule has 0 aliphatic heterocycles. The van der Waals surface area contributed by atoms with Gasteiger partial charge in [0.25, 0.3) is 0 Å². The lowest BCUT2D eigenvalue weighted by Gasteiger charge is -2.39. The second-order valence-corrected chi connectivity index (χ2v) is 19.0. The van der Waals surface area contributed by atoms with Crippen LogP contribution in [0.4, 0.5) is 0 Å². The van der Waals surface area contributed by atoms with Crippen molar-refractivity contribution in [2.45, 2.75) is 96.4 Å². The highest BCUT2D eigenvalue weighted by molar-refractivity contribution is 6.74. The van der Waals surface area contributed by atoms with E-state index in [9.17, 15) is 0 Å². The van der Waals surface area contributed by atoms with Gasteiger partial charge >= 0.3 is 0 Å². The molecule has 0 fully saturated rings. The third-order valence-electron chi connectivity index (χ3n) is 5.51. The maximum atomic E-state index is 6.48. The Hall–Kier alpha value is 0.0938. The van der Waals surface area contributed by atoms with Crippen molar-refractivity contribution in [3.63, 3.8) is 0 Å². The van der Waals surface area contributed by atoms with Crippen molar-refractivity contribution < 1.29 is 8.85 Å². The Bertz CT molecular complexity index is 351. The van der Waals surface area contributed by atoms with E-state index in [0.29, 0.717) is 0 Å². The van der Waals surface area contributed by atoms with Gasteiger partial charge in [-0.1, -0.05) is 53.7 Å². The fraction of sp³-hybridized carbons (Fsp3) is 0.882. The van der Waals surface area contributed by atoms with Gasteiger partial charge in [-0.15, -0.1) is 0 Å². The molecular weight excluding hydrogens is 292 g/mol. The molecule has 1 aliphatic rings. The molecule has 0 aromatic rings. The summed E-state index contributed by atoms with van der Waals surface area (Å²) in [5, 5.41) is 0.526. The van der Waals surface area contributed by atoms with Crippen LogP contribution in [0, 0.1) is 0 Å². The lowest BCUT2D eigenvalue weighted by molar-refractivity contribution is 0.159. The molecule has 0 unspecified atom stereocenters. The van der Waals surface area contributed by atoms with Crippen LogP contribution in [-0.2, 0) is 8.85 Å². The van der Waals surface area contributed by atoms with E-state index in [1.54, 1.807) is 0 Å². The van der Waals surface area contributed by atoms with E-state index >= 15 is 0 Å². The maximum absolute atomic E-state index is 6.48. The van der Waals surface area contributed by atoms with Gasteiger partial charge in [0.15, 0.2) is 16.6 Å². The van der Waals surface area contributed by atoms with Crippen LogP contribution in [0.3, 0.4) is 0 Å². The average Bonchev–Trinajstić information content (AvgIpc) is 2.60. The SMILES string of the molecule is CC(C)(C)[Si](C)(C)O[C@@H]1C=C[C@H](O[Si](C)(C)C(C)(C)C)C1. The normalized spacial score (nSPS) is 24.7. The smallest absolute Gasteiger partial charge is 0.192 e. The predicted octanol–water partition coefficient (Wildman–Crippen LogP) is 5.73. The molecule has 21 heavy (non-hydrogen) atoms. The van der Waals surface area contributed by atoms with Crippen LogP contribution in [0.2, 0.25) is 36.3 Å². The number of rotatable bonds is 4. The third-order valence-corrected chi connectivity index (χ3v) is 14.5. The van der Waals surface area contributed by atoms with Gasteiger partial charge in [-0.25, -0.2) is 0 Å². The van der Waals surface area contributed by atoms with Gasteiger partial charge in [-0.3, -0.25) is 0 Å². The highest BCUT2D eigenvalue weighted by Crippen LogP contribution is 2.41. The molecule has 4 heteroatoms. The first kappa shape index (κ1) is 19.1. The molecular formula is C17H36O2Si2. The zero-order valence-electron chi connectivity index (χ0n) is 15.8. The molecule has 0 spiro atoms. The second-order valence-electron chi connectivity index (χ2n) is 9.45. The van der Waals surface area contributed by atoms with Crippen molar-refractivity contribution in [2.24, 2.45) is 0 Å². The summed E-state index contributed by atoms with van der Waals surface area (Å²) in [5.74, 6) is 0. The minimum atomic E-state index is -1.69. The summed E-state index contributed by atoms with van der Waals surface area (Å²) in [6, 6.07) is 0. The fourth-order valence-corrected chi connectivity index (χ4v) is 4.49. The van der Waals surface area contributed by atoms with Crippen LogP contribution in [0.15, 0.2) is 12.2 Å². The van der Waals surface area contributed by atoms with Crippen LogP contribution >= 0.6 is 0 Å². The van der Waals surface area contributed by atoms with E-state index in [2.05, 4.69) is 79.9 Å². The predicted molar refractivity (Wildman–Crippen MR) is 97.9 cm³/mol. The van der Waals surface area contributed by atoms with Gasteiger partial charge in [0, 0.05) is 6.42 Å². The monoisotopic (exact) mass is 328 g/mol. The highest BCUT2D eigenvalue weighted by Gasteiger charge is 2.42. The Kier molecular flexibility index (Phi) is 5.42. The summed E-state index contributed by atoms with van der Waals surface area (Å²) in [4.78, 5) is 0. The van der Waals surface area contributed by atoms with Gasteiger partial charge in [-0.2, -0.15) is 0 Å². The fourth-order valence-electron chi connectivity index (χ4n) is 1.92. The van der Waals surface area contributed by atoms with Crippen LogP contribution < -0.4 is 0 Å². The standard InChI is InChI=1S/C17H36O2Si2/c1-16(2,3)20(7,8)18-14-11-12-15(13-14)19-21(9,10)17(4,5)6/h11-12,14-15H,13H2,1-10H3/t14-,15+. The lowest BCUT2D eigenvalue weighted by Crippen LogP contribution is -2.45. The van der Waals surface area contributed by atoms with E-state index in [4.69, 9.17) is 8.85 Å². The molecule has 2 atom stereocenters. The molecule has 0 radical (unpaired) electrons. The van der Waals surface area contributed by atoms with Crippen molar-refractivity contribution in [2.75, 3.05) is 0 Å². The van der Waals surface area contributed by atoms with Crippen molar-refractivity contribution in [1.29, 1.82) is 0 Å². The van der Waals surface area contributed by atoms with E-state index in [1.807, 2.05) is 0 Å². The van der Waals surface area contributed by atoms with Crippen molar-refractivity contribution in [3.8, 4) is 0 Å². The van der Waals surface area contributed by atoms with Gasteiger partial charge in [0.2, 0.25) is 0 Å². The molecule has 0 saturated heterocycles. The molecule has 0 amide bonds. The third kappa shape index (κ3) is 4.78. The zero-order valence-corrected chi connectivity index (χ0v) is 17.8. The molecule has 124 valence electrons. The van der Waals surface area contributed by atoms with E-state index in [-0.39, 0.29) is 22.3 Å². The summed E-state index contributed by atoms with van der Waals surface area (Å²) < 4.78 is 13.0. The van der Waals surface area contributed by atoms with Gasteiger partial charge in [0.1, 0.15) is 0 Å². The minimum Gasteiger partial charge on any atom is -0.410 e. The van der Waals surface area contributed by atoms with E-state index < -0.39 is 16.6 Å². The summed E-state index contributed by atoms with van der Waals surface area (Å²) in [7, 11) is -3.38. The Morgan fingerprint density at radius 1 is 0.714 bits per heavy atom. The van der Waals surface area contributed by atoms with Gasteiger partial charge in [0.05, 0.1) is 12.2 Å². The Morgan fingerprint density at radius 2 is 1.00 bits per heavy atom. The summed E-state index contributed by atoms with van der Waals surface area (Å²) in [6.07, 6.45) is 5.90. The Balaban J connectivity index is 2.61. The van der Waals surface area contributed by atoms with Crippen molar-refractivity contribution in [1.82, 2.24) is 0 Å². The second kappa shape index (κ2) is 5.95. The summed E-state index contributed by atoms with van der Waals surface area (Å²) in [6.45, 7) is 23.0. The van der Waals surface area contributed by atoms with Crippen molar-refractivity contribution in [3.05, 3.63) is 12.2 Å². The molecule has 2 nitrogen and oxygen atoms in total. The topological polar surface area (TPSA) is 18.5 Å². The summed E-state index contributed by atoms with van der Waals surface area (Å²) >= 11 is 0. The Labute approximate surface area is 134 Å². The minimum absolute atomic E-state index is 0.237. The molecule has 0 heterocycles. The van der Waals surface area contributed by atoms with E-state index in [0.717, 1.165) is 6.42 Å². The molecule has 1 aliphatic carbocycles. The van der Waals surface area contributed by atoms with Gasteiger partial charge in [-0.05, 0) is 36.3 Å². The highest BCUT2D eigenvalue weighted by atomic mass is 28.4. The zero-order chi connectivity index (χ0) is 16.7. The average molecular weight is 329 g/mol. The molecule has 0 bridgehead atoms. The largest absolute Gasteiger partial charge is 0.410 e. The summed E-state index contributed by atoms with van der Waals surface area (Å²) in [5.41, 5.74) is 0. The molecule has 0 saturated carbocycles. The quantitative estimate of drug-likeness (QED) is 0.485. The van der Waals surface area contributed by atoms with Crippen LogP contribution in [-0.4, -0.2) is 28.8 Å². The first-order chi connectivity index (χ1) is 9.16. The van der Waals surface area contributed by atoms with Crippen LogP contribution in [0.25, 0.3) is 0 Å². The molecule has 0 N–H and O–H groups in total. The first-order valence-electron chi connectivity index (χ1n) is 8.20. The Morgan fingerprint density at radius 3 is 1.24 bits per heavy atom. The van der Waals surface area contributed by atoms with Crippen molar-refractivity contribution >= 4 is 16.6 Å². The number of hydrogen-bond acceptors (Lipinski definition) is 2. The first-order valence-corrected chi connectivity index (χ1v) is 14.0. The molecule has 1 rings (SSSR count). The van der Waals surface area contributed by atoms with Gasteiger partial charge < -0.3 is 8.85 Å². The van der Waals surface area contributed by atoms with E-state index in [1.165, 1.54) is 0 Å². The lowest BCUT2D eigenvalue weighted by atomic mass is 10.2. The molecule has 0 aromatic heterocycles. The molecule has 0 aromatic carbocycles. The van der Waals surface area contributed by atoms with Crippen LogP contribution in [0.1, 0.15) is 48.0 Å². The number of hydrogen-bond donors (Lipinski definition) is 0. The maximum Gasteiger partial charge on any atom is 0.192 e.